The number of rotatable bonds is 9. The summed E-state index contributed by atoms with van der Waals surface area (Å²) in [4.78, 5) is 8.88. The van der Waals surface area contributed by atoms with Gasteiger partial charge in [0.15, 0.2) is 11.5 Å². The van der Waals surface area contributed by atoms with E-state index in [0.717, 1.165) is 58.6 Å². The van der Waals surface area contributed by atoms with E-state index in [1.54, 1.807) is 6.20 Å². The first-order valence-corrected chi connectivity index (χ1v) is 12.1. The van der Waals surface area contributed by atoms with Crippen LogP contribution in [0.5, 0.6) is 11.5 Å². The van der Waals surface area contributed by atoms with Crippen LogP contribution in [0.2, 0.25) is 5.02 Å². The topological polar surface area (TPSA) is 74.4 Å². The third-order valence-electron chi connectivity index (χ3n) is 5.79. The van der Waals surface area contributed by atoms with Gasteiger partial charge in [0.1, 0.15) is 11.5 Å². The van der Waals surface area contributed by atoms with Gasteiger partial charge in [0.2, 0.25) is 0 Å². The highest BCUT2D eigenvalue weighted by molar-refractivity contribution is 6.33. The summed E-state index contributed by atoms with van der Waals surface area (Å²) in [5.74, 6) is 2.13. The summed E-state index contributed by atoms with van der Waals surface area (Å²) in [6, 6.07) is 15.5. The Morgan fingerprint density at radius 1 is 0.971 bits per heavy atom. The Balaban J connectivity index is 1.52. The molecule has 0 atom stereocenters. The van der Waals surface area contributed by atoms with Gasteiger partial charge in [0.25, 0.3) is 0 Å². The third-order valence-corrected chi connectivity index (χ3v) is 6.12. The predicted octanol–water partition coefficient (Wildman–Crippen LogP) is 6.10. The fourth-order valence-corrected chi connectivity index (χ4v) is 4.15. The second-order valence-electron chi connectivity index (χ2n) is 8.33. The molecule has 0 spiro atoms. The van der Waals surface area contributed by atoms with Crippen LogP contribution in [0, 0.1) is 6.92 Å². The number of aromatic nitrogens is 5. The molecule has 2 aromatic carbocycles. The van der Waals surface area contributed by atoms with Gasteiger partial charge in [0.05, 0.1) is 35.0 Å². The standard InChI is InChI=1S/C27H26ClN5O2/c1-3-4-13-34-20-7-9-23(28)22(15-20)27-32-31-26-18(2)30-24-10-8-21(16-25(24)33(26)27)35-14-11-19-6-5-12-29-17-19/h5-10,12,15-17H,3-4,11,13-14H2,1-2H3. The van der Waals surface area contributed by atoms with Gasteiger partial charge in [0, 0.05) is 30.4 Å². The summed E-state index contributed by atoms with van der Waals surface area (Å²) in [7, 11) is 0. The zero-order chi connectivity index (χ0) is 24.2. The Labute approximate surface area is 208 Å². The number of halogens is 1. The number of unbranched alkanes of at least 4 members (excludes halogenated alkanes) is 1. The number of hydrogen-bond donors (Lipinski definition) is 0. The molecule has 0 radical (unpaired) electrons. The molecule has 0 aliphatic heterocycles. The van der Waals surface area contributed by atoms with Gasteiger partial charge in [-0.25, -0.2) is 4.98 Å². The Kier molecular flexibility index (Phi) is 6.77. The summed E-state index contributed by atoms with van der Waals surface area (Å²) < 4.78 is 14.0. The normalized spacial score (nSPS) is 11.3. The van der Waals surface area contributed by atoms with Crippen LogP contribution in [-0.2, 0) is 6.42 Å². The molecule has 0 amide bonds. The highest BCUT2D eigenvalue weighted by atomic mass is 35.5. The maximum Gasteiger partial charge on any atom is 0.183 e. The fraction of sp³-hybridized carbons (Fsp3) is 0.259. The van der Waals surface area contributed by atoms with Crippen molar-refractivity contribution in [1.29, 1.82) is 0 Å². The van der Waals surface area contributed by atoms with Crippen LogP contribution in [0.3, 0.4) is 0 Å². The molecule has 0 saturated heterocycles. The molecule has 0 aliphatic rings. The SMILES string of the molecule is CCCCOc1ccc(Cl)c(-c2nnc3c(C)nc4ccc(OCCc5cccnc5)cc4n23)c1. The molecular weight excluding hydrogens is 462 g/mol. The van der Waals surface area contributed by atoms with Gasteiger partial charge in [-0.2, -0.15) is 0 Å². The monoisotopic (exact) mass is 487 g/mol. The molecule has 8 heteroatoms. The van der Waals surface area contributed by atoms with Crippen LogP contribution in [0.15, 0.2) is 60.9 Å². The summed E-state index contributed by atoms with van der Waals surface area (Å²) in [6.45, 7) is 5.26. The molecule has 5 aromatic rings. The van der Waals surface area contributed by atoms with Crippen molar-refractivity contribution < 1.29 is 9.47 Å². The van der Waals surface area contributed by atoms with Crippen LogP contribution in [0.25, 0.3) is 28.1 Å². The lowest BCUT2D eigenvalue weighted by Crippen LogP contribution is -2.03. The van der Waals surface area contributed by atoms with E-state index in [-0.39, 0.29) is 0 Å². The maximum absolute atomic E-state index is 6.62. The first kappa shape index (κ1) is 23.1. The molecule has 35 heavy (non-hydrogen) atoms. The second kappa shape index (κ2) is 10.3. The Morgan fingerprint density at radius 2 is 1.80 bits per heavy atom. The number of ether oxygens (including phenoxy) is 2. The molecule has 0 bridgehead atoms. The lowest BCUT2D eigenvalue weighted by atomic mass is 10.2. The largest absolute Gasteiger partial charge is 0.494 e. The maximum atomic E-state index is 6.62. The molecule has 7 nitrogen and oxygen atoms in total. The highest BCUT2D eigenvalue weighted by Crippen LogP contribution is 2.33. The van der Waals surface area contributed by atoms with E-state index in [9.17, 15) is 0 Å². The number of benzene rings is 2. The lowest BCUT2D eigenvalue weighted by molar-refractivity contribution is 0.309. The third kappa shape index (κ3) is 4.91. The molecule has 0 N–H and O–H groups in total. The molecule has 178 valence electrons. The van der Waals surface area contributed by atoms with Crippen molar-refractivity contribution in [1.82, 2.24) is 24.6 Å². The first-order valence-electron chi connectivity index (χ1n) is 11.7. The molecular formula is C27H26ClN5O2. The second-order valence-corrected chi connectivity index (χ2v) is 8.74. The van der Waals surface area contributed by atoms with Gasteiger partial charge < -0.3 is 9.47 Å². The Hall–Kier alpha value is -3.71. The summed E-state index contributed by atoms with van der Waals surface area (Å²) in [5, 5.41) is 9.49. The zero-order valence-electron chi connectivity index (χ0n) is 19.7. The van der Waals surface area contributed by atoms with E-state index < -0.39 is 0 Å². The minimum atomic E-state index is 0.539. The molecule has 0 unspecified atom stereocenters. The number of nitrogens with zero attached hydrogens (tertiary/aromatic N) is 5. The number of fused-ring (bicyclic) bond motifs is 3. The quantitative estimate of drug-likeness (QED) is 0.234. The van der Waals surface area contributed by atoms with Crippen molar-refractivity contribution in [2.75, 3.05) is 13.2 Å². The molecule has 0 saturated carbocycles. The molecule has 3 aromatic heterocycles. The van der Waals surface area contributed by atoms with Crippen LogP contribution < -0.4 is 9.47 Å². The van der Waals surface area contributed by atoms with Gasteiger partial charge in [-0.05, 0) is 55.3 Å². The summed E-state index contributed by atoms with van der Waals surface area (Å²) in [6.07, 6.45) is 6.45. The lowest BCUT2D eigenvalue weighted by Gasteiger charge is -2.12. The van der Waals surface area contributed by atoms with E-state index in [2.05, 4.69) is 22.1 Å². The Bertz CT molecular complexity index is 1470. The zero-order valence-corrected chi connectivity index (χ0v) is 20.5. The van der Waals surface area contributed by atoms with E-state index in [4.69, 9.17) is 26.1 Å². The summed E-state index contributed by atoms with van der Waals surface area (Å²) >= 11 is 6.62. The van der Waals surface area contributed by atoms with Crippen molar-refractivity contribution >= 4 is 28.3 Å². The van der Waals surface area contributed by atoms with Gasteiger partial charge in [-0.3, -0.25) is 9.38 Å². The van der Waals surface area contributed by atoms with E-state index >= 15 is 0 Å². The van der Waals surface area contributed by atoms with Gasteiger partial charge in [-0.15, -0.1) is 10.2 Å². The van der Waals surface area contributed by atoms with Gasteiger partial charge >= 0.3 is 0 Å². The first-order chi connectivity index (χ1) is 17.1. The Morgan fingerprint density at radius 3 is 2.63 bits per heavy atom. The van der Waals surface area contributed by atoms with Crippen molar-refractivity contribution in [3.63, 3.8) is 0 Å². The number of pyridine rings is 1. The van der Waals surface area contributed by atoms with Crippen molar-refractivity contribution in [3.05, 3.63) is 77.2 Å². The van der Waals surface area contributed by atoms with Crippen LogP contribution in [0.1, 0.15) is 31.0 Å². The van der Waals surface area contributed by atoms with Crippen molar-refractivity contribution in [2.45, 2.75) is 33.1 Å². The molecule has 0 fully saturated rings. The molecule has 0 aliphatic carbocycles. The smallest absolute Gasteiger partial charge is 0.183 e. The van der Waals surface area contributed by atoms with Crippen LogP contribution in [-0.4, -0.2) is 37.8 Å². The molecule has 3 heterocycles. The van der Waals surface area contributed by atoms with Crippen molar-refractivity contribution in [2.24, 2.45) is 0 Å². The average molecular weight is 488 g/mol. The van der Waals surface area contributed by atoms with E-state index in [1.165, 1.54) is 0 Å². The highest BCUT2D eigenvalue weighted by Gasteiger charge is 2.18. The number of aryl methyl sites for hydroxylation is 1. The average Bonchev–Trinajstić information content (AvgIpc) is 3.32. The predicted molar refractivity (Wildman–Crippen MR) is 137 cm³/mol. The van der Waals surface area contributed by atoms with E-state index in [1.807, 2.05) is 66.1 Å². The van der Waals surface area contributed by atoms with Gasteiger partial charge in [-0.1, -0.05) is 31.0 Å². The fourth-order valence-electron chi connectivity index (χ4n) is 3.95. The van der Waals surface area contributed by atoms with Crippen LogP contribution in [0.4, 0.5) is 0 Å². The minimum absolute atomic E-state index is 0.539. The summed E-state index contributed by atoms with van der Waals surface area (Å²) in [5.41, 5.74) is 5.01. The number of hydrogen-bond acceptors (Lipinski definition) is 6. The van der Waals surface area contributed by atoms with Crippen molar-refractivity contribution in [3.8, 4) is 22.9 Å². The molecule has 5 rings (SSSR count). The van der Waals surface area contributed by atoms with E-state index in [0.29, 0.717) is 29.7 Å². The van der Waals surface area contributed by atoms with Crippen LogP contribution >= 0.6 is 11.6 Å². The minimum Gasteiger partial charge on any atom is -0.494 e.